The lowest BCUT2D eigenvalue weighted by Crippen LogP contribution is -2.34. The third-order valence-electron chi connectivity index (χ3n) is 4.08. The Balaban J connectivity index is 2.19. The van der Waals surface area contributed by atoms with E-state index >= 15 is 0 Å². The standard InChI is InChI=1S/C19H14ClNO5/c20-13-8-6-11(7-9-13)16-15(17(24)12-4-2-1-3-5-12)18(25)19(26)21(16)10-14(22)23/h1-9,16,24H,10H2,(H,22,23)/t16-/m0/s1. The molecule has 2 N–H and O–H groups in total. The molecule has 6 nitrogen and oxygen atoms in total. The maximum absolute atomic E-state index is 12.5. The predicted octanol–water partition coefficient (Wildman–Crippen LogP) is 2.85. The van der Waals surface area contributed by atoms with Gasteiger partial charge in [0.1, 0.15) is 12.3 Å². The summed E-state index contributed by atoms with van der Waals surface area (Å²) in [5, 5.41) is 20.2. The van der Waals surface area contributed by atoms with Crippen molar-refractivity contribution in [1.29, 1.82) is 0 Å². The summed E-state index contributed by atoms with van der Waals surface area (Å²) in [6.07, 6.45) is 0. The molecule has 3 rings (SSSR count). The highest BCUT2D eigenvalue weighted by Gasteiger charge is 2.46. The zero-order valence-corrected chi connectivity index (χ0v) is 14.2. The van der Waals surface area contributed by atoms with Gasteiger partial charge in [-0.05, 0) is 17.7 Å². The number of Topliss-reactive ketones (excluding diaryl/α,β-unsaturated/α-hetero) is 1. The maximum atomic E-state index is 12.5. The van der Waals surface area contributed by atoms with E-state index in [0.717, 1.165) is 4.90 Å². The van der Waals surface area contributed by atoms with Crippen LogP contribution < -0.4 is 0 Å². The molecule has 1 saturated heterocycles. The first-order chi connectivity index (χ1) is 12.4. The number of halogens is 1. The molecule has 26 heavy (non-hydrogen) atoms. The van der Waals surface area contributed by atoms with Gasteiger partial charge in [0.2, 0.25) is 0 Å². The van der Waals surface area contributed by atoms with E-state index in [9.17, 15) is 19.5 Å². The smallest absolute Gasteiger partial charge is 0.323 e. The van der Waals surface area contributed by atoms with Gasteiger partial charge >= 0.3 is 5.97 Å². The molecule has 0 aromatic heterocycles. The number of likely N-dealkylation sites (tertiary alicyclic amines) is 1. The molecule has 0 unspecified atom stereocenters. The summed E-state index contributed by atoms with van der Waals surface area (Å²) < 4.78 is 0. The number of rotatable bonds is 4. The van der Waals surface area contributed by atoms with Crippen LogP contribution >= 0.6 is 11.6 Å². The SMILES string of the molecule is O=C(O)CN1C(=O)C(=O)C(=C(O)c2ccccc2)[C@@H]1c1ccc(Cl)cc1. The first-order valence-electron chi connectivity index (χ1n) is 7.71. The molecule has 1 fully saturated rings. The van der Waals surface area contributed by atoms with Gasteiger partial charge in [-0.2, -0.15) is 0 Å². The third-order valence-corrected chi connectivity index (χ3v) is 4.33. The van der Waals surface area contributed by atoms with Gasteiger partial charge in [0.05, 0.1) is 11.6 Å². The topological polar surface area (TPSA) is 94.9 Å². The molecule has 0 saturated carbocycles. The lowest BCUT2D eigenvalue weighted by atomic mass is 9.95. The first kappa shape index (κ1) is 17.7. The number of hydrogen-bond acceptors (Lipinski definition) is 4. The molecule has 0 bridgehead atoms. The molecule has 0 aliphatic carbocycles. The number of amides is 1. The van der Waals surface area contributed by atoms with Crippen LogP contribution in [0.15, 0.2) is 60.2 Å². The van der Waals surface area contributed by atoms with Crippen LogP contribution in [0.4, 0.5) is 0 Å². The van der Waals surface area contributed by atoms with Crippen LogP contribution in [0.25, 0.3) is 5.76 Å². The van der Waals surface area contributed by atoms with E-state index in [-0.39, 0.29) is 11.3 Å². The fourth-order valence-electron chi connectivity index (χ4n) is 2.93. The van der Waals surface area contributed by atoms with Crippen molar-refractivity contribution in [3.05, 3.63) is 76.3 Å². The van der Waals surface area contributed by atoms with Crippen LogP contribution in [0.1, 0.15) is 17.2 Å². The van der Waals surface area contributed by atoms with Gasteiger partial charge in [-0.15, -0.1) is 0 Å². The quantitative estimate of drug-likeness (QED) is 0.489. The number of carbonyl (C=O) groups is 3. The largest absolute Gasteiger partial charge is 0.507 e. The molecule has 0 spiro atoms. The summed E-state index contributed by atoms with van der Waals surface area (Å²) in [7, 11) is 0. The van der Waals surface area contributed by atoms with E-state index in [1.165, 1.54) is 0 Å². The Kier molecular flexibility index (Phi) is 4.77. The average Bonchev–Trinajstić information content (AvgIpc) is 2.87. The molecule has 1 atom stereocenters. The number of carboxylic acid groups (broad SMARTS) is 1. The van der Waals surface area contributed by atoms with E-state index < -0.39 is 30.2 Å². The molecule has 7 heteroatoms. The van der Waals surface area contributed by atoms with Crippen molar-refractivity contribution < 1.29 is 24.6 Å². The number of carboxylic acids is 1. The molecule has 1 aliphatic heterocycles. The third kappa shape index (κ3) is 3.19. The Morgan fingerprint density at radius 3 is 2.19 bits per heavy atom. The summed E-state index contributed by atoms with van der Waals surface area (Å²) in [6.45, 7) is -0.663. The first-order valence-corrected chi connectivity index (χ1v) is 8.09. The molecule has 132 valence electrons. The monoisotopic (exact) mass is 371 g/mol. The number of nitrogens with zero attached hydrogens (tertiary/aromatic N) is 1. The van der Waals surface area contributed by atoms with E-state index in [0.29, 0.717) is 16.1 Å². The number of ketones is 1. The van der Waals surface area contributed by atoms with Crippen LogP contribution in [0.3, 0.4) is 0 Å². The van der Waals surface area contributed by atoms with Crippen LogP contribution in [0.2, 0.25) is 5.02 Å². The van der Waals surface area contributed by atoms with E-state index in [1.54, 1.807) is 54.6 Å². The molecular weight excluding hydrogens is 358 g/mol. The van der Waals surface area contributed by atoms with E-state index in [2.05, 4.69) is 0 Å². The lowest BCUT2D eigenvalue weighted by Gasteiger charge is -2.23. The zero-order valence-electron chi connectivity index (χ0n) is 13.4. The Morgan fingerprint density at radius 1 is 1.00 bits per heavy atom. The van der Waals surface area contributed by atoms with Crippen LogP contribution in [-0.2, 0) is 14.4 Å². The summed E-state index contributed by atoms with van der Waals surface area (Å²) >= 11 is 5.89. The summed E-state index contributed by atoms with van der Waals surface area (Å²) in [5.41, 5.74) is 0.692. The second kappa shape index (κ2) is 7.01. The minimum absolute atomic E-state index is 0.148. The average molecular weight is 372 g/mol. The summed E-state index contributed by atoms with van der Waals surface area (Å²) in [4.78, 5) is 37.0. The number of hydrogen-bond donors (Lipinski definition) is 2. The summed E-state index contributed by atoms with van der Waals surface area (Å²) in [5.74, 6) is -3.50. The van der Waals surface area contributed by atoms with Gasteiger partial charge in [0.15, 0.2) is 0 Å². The molecule has 2 aromatic rings. The van der Waals surface area contributed by atoms with Gasteiger partial charge in [-0.3, -0.25) is 14.4 Å². The van der Waals surface area contributed by atoms with Crippen LogP contribution in [0, 0.1) is 0 Å². The van der Waals surface area contributed by atoms with Crippen molar-refractivity contribution in [1.82, 2.24) is 4.90 Å². The highest BCUT2D eigenvalue weighted by molar-refractivity contribution is 6.46. The van der Waals surface area contributed by atoms with E-state index in [1.807, 2.05) is 0 Å². The Bertz CT molecular complexity index is 905. The second-order valence-electron chi connectivity index (χ2n) is 5.74. The van der Waals surface area contributed by atoms with Crippen molar-refractivity contribution in [3.63, 3.8) is 0 Å². The van der Waals surface area contributed by atoms with Gasteiger partial charge in [-0.1, -0.05) is 54.1 Å². The minimum Gasteiger partial charge on any atom is -0.507 e. The molecule has 1 amide bonds. The molecule has 1 heterocycles. The van der Waals surface area contributed by atoms with Crippen molar-refractivity contribution in [2.75, 3.05) is 6.54 Å². The normalized spacial score (nSPS) is 19.0. The number of aliphatic hydroxyl groups is 1. The Hall–Kier alpha value is -3.12. The maximum Gasteiger partial charge on any atom is 0.323 e. The fourth-order valence-corrected chi connectivity index (χ4v) is 3.06. The van der Waals surface area contributed by atoms with Gasteiger partial charge in [0.25, 0.3) is 11.7 Å². The van der Waals surface area contributed by atoms with Crippen molar-refractivity contribution >= 4 is 35.0 Å². The highest BCUT2D eigenvalue weighted by Crippen LogP contribution is 2.39. The van der Waals surface area contributed by atoms with E-state index in [4.69, 9.17) is 16.7 Å². The van der Waals surface area contributed by atoms with Crippen LogP contribution in [-0.4, -0.2) is 39.3 Å². The molecular formula is C19H14ClNO5. The van der Waals surface area contributed by atoms with Gasteiger partial charge < -0.3 is 15.1 Å². The minimum atomic E-state index is -1.26. The highest BCUT2D eigenvalue weighted by atomic mass is 35.5. The number of aliphatic hydroxyl groups excluding tert-OH is 1. The number of benzene rings is 2. The molecule has 2 aromatic carbocycles. The lowest BCUT2D eigenvalue weighted by molar-refractivity contribution is -0.146. The van der Waals surface area contributed by atoms with Gasteiger partial charge in [0, 0.05) is 10.6 Å². The molecule has 1 aliphatic rings. The summed E-state index contributed by atoms with van der Waals surface area (Å²) in [6, 6.07) is 13.6. The second-order valence-corrected chi connectivity index (χ2v) is 6.17. The molecule has 0 radical (unpaired) electrons. The predicted molar refractivity (Wildman–Crippen MR) is 94.5 cm³/mol. The number of carbonyl (C=O) groups excluding carboxylic acids is 2. The van der Waals surface area contributed by atoms with Gasteiger partial charge in [-0.25, -0.2) is 0 Å². The number of aliphatic carboxylic acids is 1. The zero-order chi connectivity index (χ0) is 18.8. The van der Waals surface area contributed by atoms with Crippen LogP contribution in [0.5, 0.6) is 0 Å². The Labute approximate surface area is 153 Å². The van der Waals surface area contributed by atoms with Crippen molar-refractivity contribution in [2.24, 2.45) is 0 Å². The Morgan fingerprint density at radius 2 is 1.62 bits per heavy atom. The fraction of sp³-hybridized carbons (Fsp3) is 0.105. The van der Waals surface area contributed by atoms with Crippen molar-refractivity contribution in [3.8, 4) is 0 Å². The van der Waals surface area contributed by atoms with Crippen molar-refractivity contribution in [2.45, 2.75) is 6.04 Å².